The zero-order chi connectivity index (χ0) is 17.3. The lowest BCUT2D eigenvalue weighted by atomic mass is 10.2. The molecule has 1 aliphatic rings. The quantitative estimate of drug-likeness (QED) is 0.869. The molecule has 2 aromatic carbocycles. The second kappa shape index (κ2) is 6.29. The molecule has 2 aromatic rings. The van der Waals surface area contributed by atoms with Crippen molar-refractivity contribution < 1.29 is 22.0 Å². The highest BCUT2D eigenvalue weighted by atomic mass is 32.2. The highest BCUT2D eigenvalue weighted by Gasteiger charge is 2.28. The van der Waals surface area contributed by atoms with Gasteiger partial charge in [0.1, 0.15) is 11.6 Å². The Bertz CT molecular complexity index is 879. The van der Waals surface area contributed by atoms with Gasteiger partial charge < -0.3 is 5.32 Å². The van der Waals surface area contributed by atoms with Gasteiger partial charge in [0.15, 0.2) is 0 Å². The van der Waals surface area contributed by atoms with E-state index >= 15 is 0 Å². The zero-order valence-corrected chi connectivity index (χ0v) is 13.2. The molecule has 1 amide bonds. The van der Waals surface area contributed by atoms with Gasteiger partial charge in [-0.1, -0.05) is 0 Å². The molecule has 0 aliphatic heterocycles. The fourth-order valence-corrected chi connectivity index (χ4v) is 3.36. The number of halogens is 2. The van der Waals surface area contributed by atoms with Crippen LogP contribution in [0.3, 0.4) is 0 Å². The third kappa shape index (κ3) is 3.77. The fraction of sp³-hybridized carbons (Fsp3) is 0.188. The number of sulfonamides is 1. The van der Waals surface area contributed by atoms with E-state index in [-0.39, 0.29) is 22.2 Å². The van der Waals surface area contributed by atoms with Crippen molar-refractivity contribution in [2.45, 2.75) is 23.8 Å². The molecule has 1 aliphatic carbocycles. The third-order valence-electron chi connectivity index (χ3n) is 3.51. The molecule has 0 bridgehead atoms. The van der Waals surface area contributed by atoms with E-state index in [1.54, 1.807) is 0 Å². The molecule has 126 valence electrons. The average Bonchev–Trinajstić information content (AvgIpc) is 3.33. The standard InChI is InChI=1S/C16H14F2N2O3S/c17-11-3-8-15(14(18)9-11)19-16(21)10-1-6-13(7-2-10)24(22,23)20-12-4-5-12/h1-3,6-9,12,20H,4-5H2,(H,19,21). The van der Waals surface area contributed by atoms with Crippen LogP contribution >= 0.6 is 0 Å². The Labute approximate surface area is 137 Å². The van der Waals surface area contributed by atoms with Gasteiger partial charge in [-0.15, -0.1) is 0 Å². The molecular formula is C16H14F2N2O3S. The maximum atomic E-state index is 13.5. The largest absolute Gasteiger partial charge is 0.319 e. The van der Waals surface area contributed by atoms with E-state index in [0.717, 1.165) is 25.0 Å². The molecule has 24 heavy (non-hydrogen) atoms. The van der Waals surface area contributed by atoms with Crippen LogP contribution in [0.25, 0.3) is 0 Å². The van der Waals surface area contributed by atoms with E-state index in [1.807, 2.05) is 0 Å². The lowest BCUT2D eigenvalue weighted by Gasteiger charge is -2.08. The second-order valence-corrected chi connectivity index (χ2v) is 7.21. The summed E-state index contributed by atoms with van der Waals surface area (Å²) in [6.07, 6.45) is 1.64. The average molecular weight is 352 g/mol. The van der Waals surface area contributed by atoms with Crippen molar-refractivity contribution in [3.8, 4) is 0 Å². The SMILES string of the molecule is O=C(Nc1ccc(F)cc1F)c1ccc(S(=O)(=O)NC2CC2)cc1. The van der Waals surface area contributed by atoms with E-state index in [0.29, 0.717) is 6.07 Å². The predicted molar refractivity (Wildman–Crippen MR) is 84.1 cm³/mol. The zero-order valence-electron chi connectivity index (χ0n) is 12.4. The van der Waals surface area contributed by atoms with E-state index in [9.17, 15) is 22.0 Å². The van der Waals surface area contributed by atoms with Crippen molar-refractivity contribution in [3.05, 3.63) is 59.7 Å². The Morgan fingerprint density at radius 3 is 2.29 bits per heavy atom. The van der Waals surface area contributed by atoms with Crippen molar-refractivity contribution >= 4 is 21.6 Å². The van der Waals surface area contributed by atoms with Gasteiger partial charge in [0.05, 0.1) is 10.6 Å². The normalized spacial score (nSPS) is 14.4. The number of carbonyl (C=O) groups is 1. The minimum absolute atomic E-state index is 0.0144. The third-order valence-corrected chi connectivity index (χ3v) is 5.04. The van der Waals surface area contributed by atoms with Crippen LogP contribution in [0.4, 0.5) is 14.5 Å². The molecule has 0 saturated heterocycles. The van der Waals surface area contributed by atoms with Crippen molar-refractivity contribution in [2.75, 3.05) is 5.32 Å². The Balaban J connectivity index is 1.73. The molecule has 0 spiro atoms. The molecule has 1 fully saturated rings. The minimum Gasteiger partial charge on any atom is -0.319 e. The number of hydrogen-bond donors (Lipinski definition) is 2. The molecule has 0 atom stereocenters. The van der Waals surface area contributed by atoms with Crippen molar-refractivity contribution in [2.24, 2.45) is 0 Å². The van der Waals surface area contributed by atoms with Crippen LogP contribution in [0.15, 0.2) is 47.4 Å². The molecule has 2 N–H and O–H groups in total. The molecule has 3 rings (SSSR count). The van der Waals surface area contributed by atoms with Crippen LogP contribution in [0.1, 0.15) is 23.2 Å². The van der Waals surface area contributed by atoms with Crippen LogP contribution in [0.5, 0.6) is 0 Å². The first-order valence-electron chi connectivity index (χ1n) is 7.24. The molecule has 8 heteroatoms. The Morgan fingerprint density at radius 1 is 1.04 bits per heavy atom. The smallest absolute Gasteiger partial charge is 0.255 e. The number of hydrogen-bond acceptors (Lipinski definition) is 3. The maximum absolute atomic E-state index is 13.5. The summed E-state index contributed by atoms with van der Waals surface area (Å²) in [5.41, 5.74) is -0.00223. The lowest BCUT2D eigenvalue weighted by Crippen LogP contribution is -2.25. The monoisotopic (exact) mass is 352 g/mol. The first kappa shape index (κ1) is 16.5. The van der Waals surface area contributed by atoms with Crippen LogP contribution in [0, 0.1) is 11.6 Å². The van der Waals surface area contributed by atoms with Gasteiger partial charge in [0, 0.05) is 17.7 Å². The van der Waals surface area contributed by atoms with Crippen molar-refractivity contribution in [3.63, 3.8) is 0 Å². The van der Waals surface area contributed by atoms with Gasteiger partial charge >= 0.3 is 0 Å². The van der Waals surface area contributed by atoms with Crippen LogP contribution < -0.4 is 10.0 Å². The molecule has 0 heterocycles. The second-order valence-electron chi connectivity index (χ2n) is 5.50. The fourth-order valence-electron chi connectivity index (χ4n) is 2.06. The lowest BCUT2D eigenvalue weighted by molar-refractivity contribution is 0.102. The highest BCUT2D eigenvalue weighted by molar-refractivity contribution is 7.89. The van der Waals surface area contributed by atoms with E-state index in [1.165, 1.54) is 24.3 Å². The first-order valence-corrected chi connectivity index (χ1v) is 8.72. The molecule has 1 saturated carbocycles. The van der Waals surface area contributed by atoms with Gasteiger partial charge in [0.2, 0.25) is 10.0 Å². The molecule has 0 aromatic heterocycles. The number of nitrogens with one attached hydrogen (secondary N) is 2. The summed E-state index contributed by atoms with van der Waals surface area (Å²) in [6.45, 7) is 0. The first-order chi connectivity index (χ1) is 11.3. The molecular weight excluding hydrogens is 338 g/mol. The number of rotatable bonds is 5. The van der Waals surface area contributed by atoms with Gasteiger partial charge in [-0.2, -0.15) is 0 Å². The summed E-state index contributed by atoms with van der Waals surface area (Å²) in [4.78, 5) is 12.1. The number of carbonyl (C=O) groups excluding carboxylic acids is 1. The Kier molecular flexibility index (Phi) is 4.33. The Hall–Kier alpha value is -2.32. The van der Waals surface area contributed by atoms with Gasteiger partial charge in [-0.3, -0.25) is 4.79 Å². The summed E-state index contributed by atoms with van der Waals surface area (Å²) < 4.78 is 53.0. The number of anilines is 1. The Morgan fingerprint density at radius 2 is 1.71 bits per heavy atom. The van der Waals surface area contributed by atoms with Gasteiger partial charge in [-0.05, 0) is 49.2 Å². The minimum atomic E-state index is -3.59. The summed E-state index contributed by atoms with van der Waals surface area (Å²) in [5, 5.41) is 2.31. The summed E-state index contributed by atoms with van der Waals surface area (Å²) in [7, 11) is -3.59. The van der Waals surface area contributed by atoms with E-state index in [2.05, 4.69) is 10.0 Å². The van der Waals surface area contributed by atoms with Gasteiger partial charge in [0.25, 0.3) is 5.91 Å². The maximum Gasteiger partial charge on any atom is 0.255 e. The molecule has 0 unspecified atom stereocenters. The van der Waals surface area contributed by atoms with Crippen molar-refractivity contribution in [1.82, 2.24) is 4.72 Å². The van der Waals surface area contributed by atoms with E-state index in [4.69, 9.17) is 0 Å². The topological polar surface area (TPSA) is 75.3 Å². The molecule has 0 radical (unpaired) electrons. The van der Waals surface area contributed by atoms with Crippen LogP contribution in [-0.2, 0) is 10.0 Å². The van der Waals surface area contributed by atoms with Crippen molar-refractivity contribution in [1.29, 1.82) is 0 Å². The van der Waals surface area contributed by atoms with E-state index < -0.39 is 27.6 Å². The summed E-state index contributed by atoms with van der Waals surface area (Å²) >= 11 is 0. The van der Waals surface area contributed by atoms with Gasteiger partial charge in [-0.25, -0.2) is 21.9 Å². The summed E-state index contributed by atoms with van der Waals surface area (Å²) in [5.74, 6) is -2.26. The van der Waals surface area contributed by atoms with Crippen LogP contribution in [0.2, 0.25) is 0 Å². The summed E-state index contributed by atoms with van der Waals surface area (Å²) in [6, 6.07) is 8.06. The number of benzene rings is 2. The highest BCUT2D eigenvalue weighted by Crippen LogP contribution is 2.22. The predicted octanol–water partition coefficient (Wildman–Crippen LogP) is 2.66. The molecule has 5 nitrogen and oxygen atoms in total. The van der Waals surface area contributed by atoms with Crippen LogP contribution in [-0.4, -0.2) is 20.4 Å². The number of amides is 1.